The lowest BCUT2D eigenvalue weighted by atomic mass is 9.67. The fourth-order valence-corrected chi connectivity index (χ4v) is 6.56. The van der Waals surface area contributed by atoms with Gasteiger partial charge in [-0.25, -0.2) is 9.59 Å². The zero-order chi connectivity index (χ0) is 21.3. The number of esters is 1. The summed E-state index contributed by atoms with van der Waals surface area (Å²) in [5.41, 5.74) is 0.826. The Hall–Kier alpha value is -1.48. The Bertz CT molecular complexity index is 745. The molecular weight excluding hydrogens is 380 g/mol. The first-order valence-electron chi connectivity index (χ1n) is 10.3. The van der Waals surface area contributed by atoms with E-state index in [1.165, 1.54) is 0 Å². The number of rotatable bonds is 3. The highest BCUT2D eigenvalue weighted by molar-refractivity contribution is 5.90. The highest BCUT2D eigenvalue weighted by Gasteiger charge is 2.64. The third-order valence-corrected chi connectivity index (χ3v) is 7.73. The quantitative estimate of drug-likeness (QED) is 0.503. The van der Waals surface area contributed by atoms with Gasteiger partial charge in [0.15, 0.2) is 6.10 Å². The van der Waals surface area contributed by atoms with Crippen LogP contribution in [-0.2, 0) is 19.1 Å². The molecule has 3 aliphatic carbocycles. The molecule has 1 aliphatic heterocycles. The van der Waals surface area contributed by atoms with Crippen LogP contribution in [0.3, 0.4) is 0 Å². The normalized spacial score (nSPS) is 48.0. The van der Waals surface area contributed by atoms with Crippen LogP contribution >= 0.6 is 0 Å². The molecule has 2 saturated carbocycles. The van der Waals surface area contributed by atoms with E-state index in [0.717, 1.165) is 25.7 Å². The topological polar surface area (TPSA) is 134 Å². The summed E-state index contributed by atoms with van der Waals surface area (Å²) in [5.74, 6) is -1.30. The summed E-state index contributed by atoms with van der Waals surface area (Å²) in [4.78, 5) is 24.2. The summed E-state index contributed by atoms with van der Waals surface area (Å²) < 4.78 is 10.4. The average Bonchev–Trinajstić information content (AvgIpc) is 3.19. The second kappa shape index (κ2) is 6.77. The lowest BCUT2D eigenvalue weighted by Crippen LogP contribution is -2.60. The van der Waals surface area contributed by atoms with Crippen molar-refractivity contribution in [2.24, 2.45) is 28.6 Å². The molecule has 0 amide bonds. The van der Waals surface area contributed by atoms with E-state index in [9.17, 15) is 24.9 Å². The number of carbonyl (C=O) groups is 2. The number of carboxylic acid groups (broad SMARTS) is 1. The first kappa shape index (κ1) is 20.8. The number of carboxylic acids is 1. The van der Waals surface area contributed by atoms with Crippen molar-refractivity contribution in [3.63, 3.8) is 0 Å². The van der Waals surface area contributed by atoms with Gasteiger partial charge in [-0.1, -0.05) is 26.8 Å². The van der Waals surface area contributed by atoms with E-state index >= 15 is 0 Å². The minimum atomic E-state index is -1.82. The highest BCUT2D eigenvalue weighted by Crippen LogP contribution is 2.70. The van der Waals surface area contributed by atoms with Gasteiger partial charge in [0.05, 0.1) is 0 Å². The summed E-state index contributed by atoms with van der Waals surface area (Å²) in [6.45, 7) is 6.78. The first-order valence-corrected chi connectivity index (χ1v) is 10.3. The minimum absolute atomic E-state index is 0.0448. The Kier molecular flexibility index (Phi) is 4.85. The van der Waals surface area contributed by atoms with Gasteiger partial charge in [-0.3, -0.25) is 0 Å². The van der Waals surface area contributed by atoms with Gasteiger partial charge < -0.3 is 29.9 Å². The monoisotopic (exact) mass is 410 g/mol. The smallest absolute Gasteiger partial charge is 0.336 e. The lowest BCUT2D eigenvalue weighted by Gasteiger charge is -2.39. The van der Waals surface area contributed by atoms with Crippen LogP contribution in [0.4, 0.5) is 0 Å². The molecular formula is C21H30O8. The minimum Gasteiger partial charge on any atom is -0.479 e. The number of carbonyl (C=O) groups excluding carboxylic acids is 1. The third kappa shape index (κ3) is 3.03. The molecule has 0 aromatic carbocycles. The molecule has 0 aromatic heterocycles. The Morgan fingerprint density at radius 2 is 1.83 bits per heavy atom. The molecule has 4 aliphatic rings. The molecule has 29 heavy (non-hydrogen) atoms. The zero-order valence-corrected chi connectivity index (χ0v) is 16.9. The maximum atomic E-state index is 13.0. The Morgan fingerprint density at radius 1 is 1.14 bits per heavy atom. The van der Waals surface area contributed by atoms with Crippen molar-refractivity contribution in [2.45, 2.75) is 77.2 Å². The fourth-order valence-electron chi connectivity index (χ4n) is 6.56. The van der Waals surface area contributed by atoms with E-state index in [1.54, 1.807) is 0 Å². The van der Waals surface area contributed by atoms with Crippen molar-refractivity contribution in [3.05, 3.63) is 11.6 Å². The third-order valence-electron chi connectivity index (χ3n) is 7.73. The van der Waals surface area contributed by atoms with Crippen molar-refractivity contribution < 1.29 is 39.5 Å². The molecule has 1 heterocycles. The highest BCUT2D eigenvalue weighted by atomic mass is 16.7. The number of allylic oxidation sites excluding steroid dienone is 1. The number of hydrogen-bond acceptors (Lipinski definition) is 7. The summed E-state index contributed by atoms with van der Waals surface area (Å²) in [7, 11) is 0. The van der Waals surface area contributed by atoms with Gasteiger partial charge in [-0.2, -0.15) is 0 Å². The number of ether oxygens (including phenoxy) is 2. The van der Waals surface area contributed by atoms with Gasteiger partial charge in [0.2, 0.25) is 6.29 Å². The van der Waals surface area contributed by atoms with E-state index in [2.05, 4.69) is 20.8 Å². The van der Waals surface area contributed by atoms with Crippen LogP contribution in [0.5, 0.6) is 0 Å². The molecule has 0 unspecified atom stereocenters. The molecule has 8 heteroatoms. The Morgan fingerprint density at radius 3 is 2.48 bits per heavy atom. The van der Waals surface area contributed by atoms with Gasteiger partial charge in [0, 0.05) is 5.57 Å². The van der Waals surface area contributed by atoms with Crippen LogP contribution in [0.15, 0.2) is 11.6 Å². The van der Waals surface area contributed by atoms with Crippen LogP contribution in [0.25, 0.3) is 0 Å². The molecule has 4 rings (SSSR count). The molecule has 8 nitrogen and oxygen atoms in total. The molecule has 0 bridgehead atoms. The summed E-state index contributed by atoms with van der Waals surface area (Å²) in [6, 6.07) is 0. The van der Waals surface area contributed by atoms with Crippen LogP contribution in [0.1, 0.15) is 46.5 Å². The van der Waals surface area contributed by atoms with E-state index in [4.69, 9.17) is 14.6 Å². The zero-order valence-electron chi connectivity index (χ0n) is 16.9. The maximum Gasteiger partial charge on any atom is 0.336 e. The van der Waals surface area contributed by atoms with Crippen LogP contribution in [0.2, 0.25) is 0 Å². The number of aliphatic hydroxyl groups is 3. The van der Waals surface area contributed by atoms with Crippen molar-refractivity contribution in [2.75, 3.05) is 0 Å². The summed E-state index contributed by atoms with van der Waals surface area (Å²) in [6.07, 6.45) is -2.82. The molecule has 9 atom stereocenters. The lowest BCUT2D eigenvalue weighted by molar-refractivity contribution is -0.285. The van der Waals surface area contributed by atoms with Crippen molar-refractivity contribution in [1.29, 1.82) is 0 Å². The molecule has 1 saturated heterocycles. The average molecular weight is 410 g/mol. The molecule has 1 spiro atoms. The first-order chi connectivity index (χ1) is 13.5. The Balaban J connectivity index is 1.54. The Labute approximate surface area is 169 Å². The van der Waals surface area contributed by atoms with Crippen LogP contribution in [0, 0.1) is 28.6 Å². The SMILES string of the molecule is C[C@@H]1CC[C@H]2C(C(=O)O[C@@H]3O[C@H](C(=O)O)[C@@H](O)[C@H](O)[C@@H]3O)=C[C@@H]3CC(C)(C)C[C@@]132. The van der Waals surface area contributed by atoms with Crippen molar-refractivity contribution in [1.82, 2.24) is 0 Å². The van der Waals surface area contributed by atoms with E-state index in [-0.39, 0.29) is 16.7 Å². The summed E-state index contributed by atoms with van der Waals surface area (Å²) >= 11 is 0. The second-order valence-corrected chi connectivity index (χ2v) is 10.1. The number of aliphatic hydroxyl groups excluding tert-OH is 3. The maximum absolute atomic E-state index is 13.0. The van der Waals surface area contributed by atoms with E-state index < -0.39 is 42.6 Å². The van der Waals surface area contributed by atoms with Crippen LogP contribution < -0.4 is 0 Å². The second-order valence-electron chi connectivity index (χ2n) is 10.1. The van der Waals surface area contributed by atoms with Crippen LogP contribution in [-0.4, -0.2) is 63.1 Å². The molecule has 0 aromatic rings. The largest absolute Gasteiger partial charge is 0.479 e. The standard InChI is InChI=1S/C21H30O8/c1-9-4-5-12-11(6-10-7-20(2,3)8-21(9,10)12)18(27)29-19-15(24)13(22)14(23)16(28-19)17(25)26/h6,9-10,12-16,19,22-24H,4-5,7-8H2,1-3H3,(H,25,26)/t9-,10-,12+,13+,14+,15+,16+,19+,21-/m1/s1. The number of hydrogen-bond donors (Lipinski definition) is 4. The van der Waals surface area contributed by atoms with Gasteiger partial charge in [-0.15, -0.1) is 0 Å². The summed E-state index contributed by atoms with van der Waals surface area (Å²) in [5, 5.41) is 39.0. The fraction of sp³-hybridized carbons (Fsp3) is 0.810. The molecule has 162 valence electrons. The van der Waals surface area contributed by atoms with Gasteiger partial charge in [0.1, 0.15) is 18.3 Å². The van der Waals surface area contributed by atoms with Gasteiger partial charge >= 0.3 is 11.9 Å². The molecule has 0 radical (unpaired) electrons. The number of aliphatic carboxylic acids is 1. The predicted octanol–water partition coefficient (Wildman–Crippen LogP) is 0.830. The van der Waals surface area contributed by atoms with Crippen molar-refractivity contribution >= 4 is 11.9 Å². The van der Waals surface area contributed by atoms with Gasteiger partial charge in [-0.05, 0) is 54.3 Å². The molecule has 3 fully saturated rings. The van der Waals surface area contributed by atoms with Gasteiger partial charge in [0.25, 0.3) is 0 Å². The predicted molar refractivity (Wildman–Crippen MR) is 99.3 cm³/mol. The van der Waals surface area contributed by atoms with E-state index in [0.29, 0.717) is 17.4 Å². The van der Waals surface area contributed by atoms with E-state index in [1.807, 2.05) is 6.08 Å². The van der Waals surface area contributed by atoms with Crippen molar-refractivity contribution in [3.8, 4) is 0 Å². The molecule has 4 N–H and O–H groups in total.